The molecular weight excluding hydrogens is 703 g/mol. The van der Waals surface area contributed by atoms with Gasteiger partial charge >= 0.3 is 0 Å². The van der Waals surface area contributed by atoms with Crippen LogP contribution >= 0.6 is 0 Å². The zero-order valence-corrected chi connectivity index (χ0v) is 38.7. The van der Waals surface area contributed by atoms with Gasteiger partial charge in [0.15, 0.2) is 0 Å². The van der Waals surface area contributed by atoms with Crippen LogP contribution in [0.3, 0.4) is 0 Å². The van der Waals surface area contributed by atoms with Gasteiger partial charge in [-0.3, -0.25) is 4.79 Å². The van der Waals surface area contributed by atoms with Gasteiger partial charge in [-0.05, 0) is 38.5 Å². The molecule has 0 aromatic carbocycles. The third-order valence-electron chi connectivity index (χ3n) is 12.4. The van der Waals surface area contributed by atoms with Crippen molar-refractivity contribution in [3.05, 3.63) is 12.2 Å². The molecule has 57 heavy (non-hydrogen) atoms. The predicted molar refractivity (Wildman–Crippen MR) is 250 cm³/mol. The Labute approximate surface area is 357 Å². The number of rotatable bonds is 48. The van der Waals surface area contributed by atoms with Crippen LogP contribution in [0.2, 0.25) is 0 Å². The van der Waals surface area contributed by atoms with E-state index in [9.17, 15) is 20.1 Å². The average molecular weight is 806 g/mol. The van der Waals surface area contributed by atoms with E-state index in [4.69, 9.17) is 0 Å². The molecule has 0 aliphatic heterocycles. The molecule has 1 amide bonds. The number of carbonyl (C=O) groups is 1. The van der Waals surface area contributed by atoms with E-state index in [1.54, 1.807) is 0 Å². The molecule has 4 N–H and O–H groups in total. The normalized spacial score (nSPS) is 13.4. The minimum absolute atomic E-state index is 0.145. The van der Waals surface area contributed by atoms with Crippen molar-refractivity contribution < 1.29 is 20.1 Å². The molecule has 3 unspecified atom stereocenters. The monoisotopic (exact) mass is 806 g/mol. The van der Waals surface area contributed by atoms with Gasteiger partial charge in [0.25, 0.3) is 0 Å². The highest BCUT2D eigenvalue weighted by Gasteiger charge is 2.26. The lowest BCUT2D eigenvalue weighted by atomic mass is 9.99. The Bertz CT molecular complexity index is 803. The number of hydrogen-bond donors (Lipinski definition) is 4. The van der Waals surface area contributed by atoms with Crippen LogP contribution in [-0.2, 0) is 4.79 Å². The molecule has 0 aliphatic carbocycles. The molecule has 3 atom stereocenters. The quantitative estimate of drug-likeness (QED) is 0.0364. The van der Waals surface area contributed by atoms with Gasteiger partial charge in [0, 0.05) is 6.42 Å². The molecule has 0 rings (SSSR count). The maximum atomic E-state index is 12.5. The lowest BCUT2D eigenvalue weighted by Gasteiger charge is -2.26. The van der Waals surface area contributed by atoms with Gasteiger partial charge in [-0.1, -0.05) is 257 Å². The minimum atomic E-state index is -1.14. The van der Waals surface area contributed by atoms with Gasteiger partial charge in [0.2, 0.25) is 5.91 Å². The summed E-state index contributed by atoms with van der Waals surface area (Å²) in [6.45, 7) is 4.21. The van der Waals surface area contributed by atoms with E-state index in [1.165, 1.54) is 231 Å². The Balaban J connectivity index is 3.54. The Kier molecular flexibility index (Phi) is 47.0. The van der Waals surface area contributed by atoms with Crippen molar-refractivity contribution in [2.45, 2.75) is 308 Å². The van der Waals surface area contributed by atoms with Crippen molar-refractivity contribution in [2.24, 2.45) is 0 Å². The van der Waals surface area contributed by atoms with Crippen molar-refractivity contribution >= 4 is 5.91 Å². The molecule has 0 aliphatic rings. The molecule has 0 fully saturated rings. The predicted octanol–water partition coefficient (Wildman–Crippen LogP) is 15.6. The molecule has 340 valence electrons. The molecule has 0 aromatic heterocycles. The molecule has 5 heteroatoms. The maximum absolute atomic E-state index is 12.5. The first-order chi connectivity index (χ1) is 28.1. The first kappa shape index (κ1) is 56.1. The molecule has 0 saturated heterocycles. The van der Waals surface area contributed by atoms with Gasteiger partial charge in [-0.15, -0.1) is 0 Å². The zero-order valence-electron chi connectivity index (χ0n) is 38.7. The lowest BCUT2D eigenvalue weighted by Crippen LogP contribution is -2.50. The summed E-state index contributed by atoms with van der Waals surface area (Å²) in [5, 5.41) is 33.7. The van der Waals surface area contributed by atoms with Crippen LogP contribution < -0.4 is 5.32 Å². The van der Waals surface area contributed by atoms with Crippen molar-refractivity contribution in [1.82, 2.24) is 5.32 Å². The van der Waals surface area contributed by atoms with Crippen LogP contribution in [0.15, 0.2) is 12.2 Å². The summed E-state index contributed by atoms with van der Waals surface area (Å²) >= 11 is 0. The van der Waals surface area contributed by atoms with Crippen LogP contribution in [0.1, 0.15) is 290 Å². The second-order valence-electron chi connectivity index (χ2n) is 18.1. The number of aliphatic hydroxyl groups excluding tert-OH is 3. The van der Waals surface area contributed by atoms with Crippen LogP contribution in [0.4, 0.5) is 0 Å². The standard InChI is InChI=1S/C52H103NO4/c1-3-5-7-9-11-13-15-17-19-21-23-24-25-26-27-29-30-32-34-36-38-40-42-44-46-50(55)52(57)49(48-54)53-51(56)47-45-43-41-39-37-35-33-31-28-22-20-18-16-14-12-10-8-6-4-2/h22,28,49-50,52,54-55,57H,3-21,23-27,29-48H2,1-2H3,(H,53,56)/b28-22-. The van der Waals surface area contributed by atoms with Crippen LogP contribution in [-0.4, -0.2) is 46.1 Å². The summed E-state index contributed by atoms with van der Waals surface area (Å²) in [5.74, 6) is -0.145. The lowest BCUT2D eigenvalue weighted by molar-refractivity contribution is -0.124. The summed E-state index contributed by atoms with van der Waals surface area (Å²) < 4.78 is 0. The fourth-order valence-electron chi connectivity index (χ4n) is 8.34. The van der Waals surface area contributed by atoms with Gasteiger partial charge < -0.3 is 20.6 Å². The highest BCUT2D eigenvalue weighted by molar-refractivity contribution is 5.76. The number of hydrogen-bond acceptors (Lipinski definition) is 4. The zero-order chi connectivity index (χ0) is 41.5. The number of amides is 1. The third-order valence-corrected chi connectivity index (χ3v) is 12.4. The summed E-state index contributed by atoms with van der Waals surface area (Å²) in [6.07, 6.45) is 57.7. The third kappa shape index (κ3) is 43.0. The second kappa shape index (κ2) is 47.8. The smallest absolute Gasteiger partial charge is 0.220 e. The maximum Gasteiger partial charge on any atom is 0.220 e. The van der Waals surface area contributed by atoms with Crippen molar-refractivity contribution in [1.29, 1.82) is 0 Å². The fraction of sp³-hybridized carbons (Fsp3) is 0.942. The summed E-state index contributed by atoms with van der Waals surface area (Å²) in [5.41, 5.74) is 0. The van der Waals surface area contributed by atoms with Crippen molar-refractivity contribution in [3.63, 3.8) is 0 Å². The Morgan fingerprint density at radius 3 is 1.02 bits per heavy atom. The van der Waals surface area contributed by atoms with Crippen LogP contribution in [0.25, 0.3) is 0 Å². The average Bonchev–Trinajstić information content (AvgIpc) is 3.22. The summed E-state index contributed by atoms with van der Waals surface area (Å²) in [6, 6.07) is -0.809. The van der Waals surface area contributed by atoms with Crippen molar-refractivity contribution in [2.75, 3.05) is 6.61 Å². The molecule has 0 radical (unpaired) electrons. The summed E-state index contributed by atoms with van der Waals surface area (Å²) in [4.78, 5) is 12.5. The Hall–Kier alpha value is -0.910. The fourth-order valence-corrected chi connectivity index (χ4v) is 8.34. The highest BCUT2D eigenvalue weighted by Crippen LogP contribution is 2.18. The van der Waals surface area contributed by atoms with Gasteiger partial charge in [0.1, 0.15) is 6.10 Å². The molecule has 0 bridgehead atoms. The van der Waals surface area contributed by atoms with E-state index in [1.807, 2.05) is 0 Å². The number of nitrogens with one attached hydrogen (secondary N) is 1. The van der Waals surface area contributed by atoms with Crippen LogP contribution in [0, 0.1) is 0 Å². The molecule has 0 saturated carbocycles. The first-order valence-corrected chi connectivity index (χ1v) is 26.0. The summed E-state index contributed by atoms with van der Waals surface area (Å²) in [7, 11) is 0. The highest BCUT2D eigenvalue weighted by atomic mass is 16.3. The van der Waals surface area contributed by atoms with Gasteiger partial charge in [-0.2, -0.15) is 0 Å². The second-order valence-corrected chi connectivity index (χ2v) is 18.1. The topological polar surface area (TPSA) is 89.8 Å². The van der Waals surface area contributed by atoms with Gasteiger partial charge in [-0.25, -0.2) is 0 Å². The molecule has 0 spiro atoms. The van der Waals surface area contributed by atoms with Gasteiger partial charge in [0.05, 0.1) is 18.8 Å². The van der Waals surface area contributed by atoms with E-state index in [2.05, 4.69) is 31.3 Å². The number of carbonyl (C=O) groups excluding carboxylic acids is 1. The molecule has 0 aromatic rings. The number of aliphatic hydroxyl groups is 3. The van der Waals surface area contributed by atoms with E-state index in [0.29, 0.717) is 12.8 Å². The van der Waals surface area contributed by atoms with Crippen LogP contribution in [0.5, 0.6) is 0 Å². The molecular formula is C52H103NO4. The minimum Gasteiger partial charge on any atom is -0.394 e. The van der Waals surface area contributed by atoms with Crippen molar-refractivity contribution in [3.8, 4) is 0 Å². The SMILES string of the molecule is CCCCCCCCCC/C=C\CCCCCCCCCC(=O)NC(CO)C(O)C(O)CCCCCCCCCCCCCCCCCCCCCCCCCC. The van der Waals surface area contributed by atoms with E-state index in [0.717, 1.165) is 32.1 Å². The Morgan fingerprint density at radius 1 is 0.421 bits per heavy atom. The Morgan fingerprint density at radius 2 is 0.702 bits per heavy atom. The first-order valence-electron chi connectivity index (χ1n) is 26.0. The van der Waals surface area contributed by atoms with E-state index >= 15 is 0 Å². The van der Waals surface area contributed by atoms with E-state index in [-0.39, 0.29) is 12.5 Å². The number of allylic oxidation sites excluding steroid dienone is 2. The van der Waals surface area contributed by atoms with E-state index < -0.39 is 18.2 Å². The largest absolute Gasteiger partial charge is 0.394 e. The molecule has 0 heterocycles. The molecule has 5 nitrogen and oxygen atoms in total. The number of unbranched alkanes of at least 4 members (excludes halogenated alkanes) is 38.